The first-order valence-electron chi connectivity index (χ1n) is 8.94. The van der Waals surface area contributed by atoms with Gasteiger partial charge >= 0.3 is 14.8 Å². The standard InChI is InChI=1S/C17H19F5N2O7Si/c1-8(25)29-32(30-9(2)26,31-10(3)27)7-5-4-6-23-17(28)24-16-14(21)12(19)11(18)13(20)15(16)22/h4-7H2,1-3H3,(H2,23,24,28). The van der Waals surface area contributed by atoms with Gasteiger partial charge in [0.1, 0.15) is 5.69 Å². The van der Waals surface area contributed by atoms with Crippen molar-refractivity contribution in [3.8, 4) is 0 Å². The molecule has 0 aromatic heterocycles. The van der Waals surface area contributed by atoms with E-state index in [0.717, 1.165) is 20.8 Å². The number of carbonyl (C=O) groups excluding carboxylic acids is 4. The first-order valence-corrected chi connectivity index (χ1v) is 10.9. The van der Waals surface area contributed by atoms with E-state index in [4.69, 9.17) is 13.3 Å². The van der Waals surface area contributed by atoms with Crippen molar-refractivity contribution >= 4 is 38.4 Å². The highest BCUT2D eigenvalue weighted by Gasteiger charge is 2.51. The molecule has 1 rings (SSSR count). The summed E-state index contributed by atoms with van der Waals surface area (Å²) >= 11 is 0. The Morgan fingerprint density at radius 3 is 1.53 bits per heavy atom. The van der Waals surface area contributed by atoms with E-state index in [1.54, 1.807) is 0 Å². The van der Waals surface area contributed by atoms with Gasteiger partial charge in [0.25, 0.3) is 17.9 Å². The van der Waals surface area contributed by atoms with Crippen molar-refractivity contribution in [2.45, 2.75) is 39.7 Å². The number of anilines is 1. The van der Waals surface area contributed by atoms with Crippen LogP contribution in [0.1, 0.15) is 33.6 Å². The van der Waals surface area contributed by atoms with Crippen molar-refractivity contribution in [2.75, 3.05) is 11.9 Å². The first kappa shape index (κ1) is 26.8. The van der Waals surface area contributed by atoms with Crippen LogP contribution in [0.25, 0.3) is 0 Å². The zero-order chi connectivity index (χ0) is 24.6. The van der Waals surface area contributed by atoms with E-state index < -0.39 is 67.5 Å². The summed E-state index contributed by atoms with van der Waals surface area (Å²) in [5.41, 5.74) is -1.52. The molecule has 0 saturated carbocycles. The SMILES string of the molecule is CC(=O)O[Si](CCCCNC(=O)Nc1c(F)c(F)c(F)c(F)c1F)(OC(C)=O)OC(C)=O. The molecule has 2 amide bonds. The van der Waals surface area contributed by atoms with Crippen LogP contribution in [0.4, 0.5) is 32.4 Å². The predicted octanol–water partition coefficient (Wildman–Crippen LogP) is 2.91. The van der Waals surface area contributed by atoms with E-state index in [1.165, 1.54) is 5.32 Å². The number of urea groups is 1. The molecule has 0 aliphatic heterocycles. The maximum absolute atomic E-state index is 13.6. The van der Waals surface area contributed by atoms with Gasteiger partial charge in [-0.25, -0.2) is 26.7 Å². The number of hydrogen-bond acceptors (Lipinski definition) is 7. The fourth-order valence-corrected chi connectivity index (χ4v) is 4.84. The predicted molar refractivity (Wildman–Crippen MR) is 98.3 cm³/mol. The Balaban J connectivity index is 2.70. The highest BCUT2D eigenvalue weighted by molar-refractivity contribution is 6.65. The van der Waals surface area contributed by atoms with E-state index in [-0.39, 0.29) is 25.4 Å². The second-order valence-corrected chi connectivity index (χ2v) is 8.73. The number of halogens is 5. The van der Waals surface area contributed by atoms with Crippen molar-refractivity contribution in [3.05, 3.63) is 29.1 Å². The van der Waals surface area contributed by atoms with Gasteiger partial charge in [0.2, 0.25) is 5.82 Å². The summed E-state index contributed by atoms with van der Waals surface area (Å²) < 4.78 is 81.3. The lowest BCUT2D eigenvalue weighted by molar-refractivity contribution is -0.147. The van der Waals surface area contributed by atoms with Gasteiger partial charge < -0.3 is 23.9 Å². The van der Waals surface area contributed by atoms with Gasteiger partial charge in [-0.1, -0.05) is 0 Å². The van der Waals surface area contributed by atoms with Crippen molar-refractivity contribution in [2.24, 2.45) is 0 Å². The highest BCUT2D eigenvalue weighted by atomic mass is 28.4. The van der Waals surface area contributed by atoms with Crippen LogP contribution in [-0.2, 0) is 27.7 Å². The molecule has 0 bridgehead atoms. The molecule has 15 heteroatoms. The van der Waals surface area contributed by atoms with Gasteiger partial charge in [-0.3, -0.25) is 14.4 Å². The molecular formula is C17H19F5N2O7Si. The van der Waals surface area contributed by atoms with Crippen LogP contribution in [-0.4, -0.2) is 39.3 Å². The third kappa shape index (κ3) is 7.47. The van der Waals surface area contributed by atoms with Crippen LogP contribution >= 0.6 is 0 Å². The summed E-state index contributed by atoms with van der Waals surface area (Å²) in [4.78, 5) is 45.7. The minimum atomic E-state index is -4.05. The number of nitrogens with one attached hydrogen (secondary N) is 2. The lowest BCUT2D eigenvalue weighted by Crippen LogP contribution is -2.49. The van der Waals surface area contributed by atoms with E-state index in [1.807, 2.05) is 0 Å². The summed E-state index contributed by atoms with van der Waals surface area (Å²) in [5, 5.41) is 3.64. The summed E-state index contributed by atoms with van der Waals surface area (Å²) in [6.45, 7) is 2.87. The first-order chi connectivity index (χ1) is 14.8. The van der Waals surface area contributed by atoms with Crippen LogP contribution in [0.2, 0.25) is 6.04 Å². The van der Waals surface area contributed by atoms with E-state index in [9.17, 15) is 41.1 Å². The lowest BCUT2D eigenvalue weighted by atomic mass is 10.2. The van der Waals surface area contributed by atoms with Gasteiger partial charge in [-0.2, -0.15) is 0 Å². The van der Waals surface area contributed by atoms with Crippen LogP contribution < -0.4 is 10.6 Å². The average Bonchev–Trinajstić information content (AvgIpc) is 2.66. The van der Waals surface area contributed by atoms with Crippen molar-refractivity contribution in [1.29, 1.82) is 0 Å². The second-order valence-electron chi connectivity index (χ2n) is 6.25. The monoisotopic (exact) mass is 486 g/mol. The summed E-state index contributed by atoms with van der Waals surface area (Å²) in [6, 6.07) is -1.45. The van der Waals surface area contributed by atoms with Crippen LogP contribution in [0, 0.1) is 29.1 Å². The summed E-state index contributed by atoms with van der Waals surface area (Å²) in [5.74, 6) is -13.8. The van der Waals surface area contributed by atoms with Gasteiger partial charge in [0.05, 0.1) is 6.04 Å². The average molecular weight is 486 g/mol. The normalized spacial score (nSPS) is 10.9. The number of hydrogen-bond donors (Lipinski definition) is 2. The Bertz CT molecular complexity index is 846. The Hall–Kier alpha value is -3.23. The molecule has 0 heterocycles. The Morgan fingerprint density at radius 2 is 1.12 bits per heavy atom. The fraction of sp³-hybridized carbons (Fsp3) is 0.412. The molecule has 0 aliphatic carbocycles. The highest BCUT2D eigenvalue weighted by Crippen LogP contribution is 2.27. The van der Waals surface area contributed by atoms with Gasteiger partial charge in [-0.05, 0) is 12.8 Å². The van der Waals surface area contributed by atoms with E-state index in [0.29, 0.717) is 0 Å². The molecular weight excluding hydrogens is 467 g/mol. The minimum Gasteiger partial charge on any atom is -0.455 e. The fourth-order valence-electron chi connectivity index (χ4n) is 2.41. The largest absolute Gasteiger partial charge is 0.705 e. The molecule has 2 N–H and O–H groups in total. The summed E-state index contributed by atoms with van der Waals surface area (Å²) in [7, 11) is -4.05. The van der Waals surface area contributed by atoms with Crippen molar-refractivity contribution in [1.82, 2.24) is 5.32 Å². The van der Waals surface area contributed by atoms with Gasteiger partial charge in [0.15, 0.2) is 23.3 Å². The van der Waals surface area contributed by atoms with E-state index in [2.05, 4.69) is 5.32 Å². The molecule has 9 nitrogen and oxygen atoms in total. The Kier molecular flexibility index (Phi) is 9.55. The topological polar surface area (TPSA) is 120 Å². The smallest absolute Gasteiger partial charge is 0.455 e. The van der Waals surface area contributed by atoms with Gasteiger partial charge in [0, 0.05) is 27.3 Å². The molecule has 178 valence electrons. The molecule has 32 heavy (non-hydrogen) atoms. The van der Waals surface area contributed by atoms with Crippen LogP contribution in [0.3, 0.4) is 0 Å². The quantitative estimate of drug-likeness (QED) is 0.181. The third-order valence-corrected chi connectivity index (χ3v) is 6.30. The van der Waals surface area contributed by atoms with E-state index >= 15 is 0 Å². The number of carbonyl (C=O) groups is 4. The number of rotatable bonds is 9. The molecule has 0 unspecified atom stereocenters. The van der Waals surface area contributed by atoms with Crippen molar-refractivity contribution < 1.29 is 54.4 Å². The number of amides is 2. The Morgan fingerprint density at radius 1 is 0.719 bits per heavy atom. The maximum atomic E-state index is 13.6. The molecule has 0 fully saturated rings. The minimum absolute atomic E-state index is 0.0862. The molecule has 0 spiro atoms. The second kappa shape index (κ2) is 11.4. The van der Waals surface area contributed by atoms with Crippen molar-refractivity contribution in [3.63, 3.8) is 0 Å². The van der Waals surface area contributed by atoms with Crippen LogP contribution in [0.15, 0.2) is 0 Å². The van der Waals surface area contributed by atoms with Gasteiger partial charge in [-0.15, -0.1) is 0 Å². The molecule has 1 aromatic rings. The Labute approximate surface area is 179 Å². The maximum Gasteiger partial charge on any atom is 0.705 e. The molecule has 0 atom stereocenters. The molecule has 1 aromatic carbocycles. The number of unbranched alkanes of at least 4 members (excludes halogenated alkanes) is 1. The number of benzene rings is 1. The zero-order valence-corrected chi connectivity index (χ0v) is 18.1. The zero-order valence-electron chi connectivity index (χ0n) is 17.1. The molecule has 0 radical (unpaired) electrons. The summed E-state index contributed by atoms with van der Waals surface area (Å²) in [6.07, 6.45) is 0.186. The molecule has 0 aliphatic rings. The molecule has 0 saturated heterocycles. The third-order valence-electron chi connectivity index (χ3n) is 3.54. The van der Waals surface area contributed by atoms with Crippen LogP contribution in [0.5, 0.6) is 0 Å². The lowest BCUT2D eigenvalue weighted by Gasteiger charge is -2.26.